The van der Waals surface area contributed by atoms with Gasteiger partial charge in [-0.3, -0.25) is 4.79 Å². The van der Waals surface area contributed by atoms with Crippen molar-refractivity contribution in [3.8, 4) is 5.75 Å². The van der Waals surface area contributed by atoms with Gasteiger partial charge in [-0.25, -0.2) is 0 Å². The lowest BCUT2D eigenvalue weighted by Gasteiger charge is -2.29. The largest absolute Gasteiger partial charge is 0.490 e. The lowest BCUT2D eigenvalue weighted by Crippen LogP contribution is -2.35. The molecular formula is C31H37N3O2S. The number of hydrogen-bond acceptors (Lipinski definition) is 4. The van der Waals surface area contributed by atoms with Gasteiger partial charge in [0.25, 0.3) is 0 Å². The molecular weight excluding hydrogens is 478 g/mol. The third-order valence-corrected chi connectivity index (χ3v) is 6.99. The fraction of sp³-hybridized carbons (Fsp3) is 0.355. The van der Waals surface area contributed by atoms with Crippen LogP contribution in [0.2, 0.25) is 0 Å². The number of rotatable bonds is 7. The van der Waals surface area contributed by atoms with E-state index in [1.54, 1.807) is 0 Å². The van der Waals surface area contributed by atoms with Crippen LogP contribution in [0.1, 0.15) is 60.7 Å². The summed E-state index contributed by atoms with van der Waals surface area (Å²) >= 11 is 5.49. The number of nitrogens with one attached hydrogen (secondary N) is 2. The number of ketones is 1. The predicted molar refractivity (Wildman–Crippen MR) is 156 cm³/mol. The second-order valence-electron chi connectivity index (χ2n) is 10.8. The average Bonchev–Trinajstić information content (AvgIpc) is 2.89. The SMILES string of the molecule is CN1CCC(Oc2ccc(CNC(=S)Nc3cccc(C(=O)c4ccc(C(C)(C)C)cc4)c3)cc2)CC1. The molecule has 1 fully saturated rings. The summed E-state index contributed by atoms with van der Waals surface area (Å²) in [5, 5.41) is 6.94. The van der Waals surface area contributed by atoms with Gasteiger partial charge in [0.2, 0.25) is 0 Å². The van der Waals surface area contributed by atoms with Crippen LogP contribution in [0.15, 0.2) is 72.8 Å². The Morgan fingerprint density at radius 1 is 0.973 bits per heavy atom. The molecule has 1 saturated heterocycles. The fourth-order valence-electron chi connectivity index (χ4n) is 4.37. The Kier molecular flexibility index (Phi) is 8.62. The molecule has 0 unspecified atom stereocenters. The van der Waals surface area contributed by atoms with E-state index in [0.717, 1.165) is 42.9 Å². The van der Waals surface area contributed by atoms with Crippen LogP contribution in [0.5, 0.6) is 5.75 Å². The summed E-state index contributed by atoms with van der Waals surface area (Å²) in [6.07, 6.45) is 2.42. The van der Waals surface area contributed by atoms with E-state index in [1.807, 2.05) is 60.7 Å². The highest BCUT2D eigenvalue weighted by atomic mass is 32.1. The number of nitrogens with zero attached hydrogens (tertiary/aromatic N) is 1. The Hall–Kier alpha value is -3.22. The standard InChI is InChI=1S/C31H37N3O2S/c1-31(2,3)25-12-10-23(11-13-25)29(35)24-6-5-7-26(20-24)33-30(37)32-21-22-8-14-27(15-9-22)36-28-16-18-34(4)19-17-28/h5-15,20,28H,16-19,21H2,1-4H3,(H2,32,33,37). The summed E-state index contributed by atoms with van der Waals surface area (Å²) in [5.74, 6) is 0.902. The van der Waals surface area contributed by atoms with E-state index in [0.29, 0.717) is 28.9 Å². The molecule has 0 saturated carbocycles. The Labute approximate surface area is 226 Å². The molecule has 3 aromatic rings. The molecule has 0 bridgehead atoms. The molecule has 0 spiro atoms. The Morgan fingerprint density at radius 3 is 2.30 bits per heavy atom. The summed E-state index contributed by atoms with van der Waals surface area (Å²) in [4.78, 5) is 15.4. The quantitative estimate of drug-likeness (QED) is 0.290. The minimum atomic E-state index is -0.00876. The molecule has 1 aliphatic rings. The number of thiocarbonyl (C=S) groups is 1. The first-order chi connectivity index (χ1) is 17.7. The van der Waals surface area contributed by atoms with E-state index in [1.165, 1.54) is 5.56 Å². The van der Waals surface area contributed by atoms with Gasteiger partial charge in [0.05, 0.1) is 0 Å². The van der Waals surface area contributed by atoms with E-state index in [9.17, 15) is 4.79 Å². The summed E-state index contributed by atoms with van der Waals surface area (Å²) in [5.41, 5.74) is 4.44. The minimum Gasteiger partial charge on any atom is -0.490 e. The summed E-state index contributed by atoms with van der Waals surface area (Å²) < 4.78 is 6.13. The molecule has 5 nitrogen and oxygen atoms in total. The number of carbonyl (C=O) groups excluding carboxylic acids is 1. The molecule has 0 amide bonds. The molecule has 0 atom stereocenters. The van der Waals surface area contributed by atoms with Gasteiger partial charge in [0.1, 0.15) is 11.9 Å². The second-order valence-corrected chi connectivity index (χ2v) is 11.2. The van der Waals surface area contributed by atoms with Crippen LogP contribution in [0, 0.1) is 0 Å². The zero-order valence-corrected chi connectivity index (χ0v) is 23.0. The van der Waals surface area contributed by atoms with Crippen LogP contribution < -0.4 is 15.4 Å². The number of hydrogen-bond donors (Lipinski definition) is 2. The predicted octanol–water partition coefficient (Wildman–Crippen LogP) is 6.17. The maximum atomic E-state index is 13.0. The maximum absolute atomic E-state index is 13.0. The number of piperidine rings is 1. The topological polar surface area (TPSA) is 53.6 Å². The number of ether oxygens (including phenoxy) is 1. The molecule has 194 valence electrons. The van der Waals surface area contributed by atoms with Crippen molar-refractivity contribution in [1.29, 1.82) is 0 Å². The van der Waals surface area contributed by atoms with Gasteiger partial charge in [-0.15, -0.1) is 0 Å². The van der Waals surface area contributed by atoms with Crippen LogP contribution in [0.3, 0.4) is 0 Å². The summed E-state index contributed by atoms with van der Waals surface area (Å²) in [6.45, 7) is 9.25. The highest BCUT2D eigenvalue weighted by molar-refractivity contribution is 7.80. The van der Waals surface area contributed by atoms with E-state index >= 15 is 0 Å². The van der Waals surface area contributed by atoms with Gasteiger partial charge in [-0.05, 0) is 72.9 Å². The van der Waals surface area contributed by atoms with Gasteiger partial charge >= 0.3 is 0 Å². The van der Waals surface area contributed by atoms with E-state index < -0.39 is 0 Å². The molecule has 1 aliphatic heterocycles. The first kappa shape index (κ1) is 26.8. The van der Waals surface area contributed by atoms with Crippen molar-refractivity contribution in [1.82, 2.24) is 10.2 Å². The first-order valence-corrected chi connectivity index (χ1v) is 13.3. The normalized spacial score (nSPS) is 14.7. The highest BCUT2D eigenvalue weighted by Gasteiger charge is 2.18. The first-order valence-electron chi connectivity index (χ1n) is 12.9. The fourth-order valence-corrected chi connectivity index (χ4v) is 4.56. The molecule has 4 rings (SSSR count). The smallest absolute Gasteiger partial charge is 0.193 e. The molecule has 3 aromatic carbocycles. The van der Waals surface area contributed by atoms with Crippen molar-refractivity contribution in [2.75, 3.05) is 25.5 Å². The molecule has 6 heteroatoms. The van der Waals surface area contributed by atoms with Crippen molar-refractivity contribution < 1.29 is 9.53 Å². The number of likely N-dealkylation sites (tertiary alicyclic amines) is 1. The van der Waals surface area contributed by atoms with Crippen molar-refractivity contribution in [3.05, 3.63) is 95.1 Å². The van der Waals surface area contributed by atoms with E-state index in [-0.39, 0.29) is 11.2 Å². The van der Waals surface area contributed by atoms with E-state index in [2.05, 4.69) is 55.5 Å². The second kappa shape index (κ2) is 11.9. The monoisotopic (exact) mass is 515 g/mol. The van der Waals surface area contributed by atoms with Crippen LogP contribution in [0.4, 0.5) is 5.69 Å². The summed E-state index contributed by atoms with van der Waals surface area (Å²) in [7, 11) is 2.15. The number of anilines is 1. The van der Waals surface area contributed by atoms with Crippen LogP contribution in [0.25, 0.3) is 0 Å². The van der Waals surface area contributed by atoms with Gasteiger partial charge in [0, 0.05) is 36.4 Å². The minimum absolute atomic E-state index is 0.00876. The third-order valence-electron chi connectivity index (χ3n) is 6.74. The van der Waals surface area contributed by atoms with Crippen LogP contribution in [-0.4, -0.2) is 42.0 Å². The van der Waals surface area contributed by atoms with Crippen molar-refractivity contribution in [2.24, 2.45) is 0 Å². The van der Waals surface area contributed by atoms with Gasteiger partial charge in [-0.2, -0.15) is 0 Å². The molecule has 2 N–H and O–H groups in total. The lowest BCUT2D eigenvalue weighted by atomic mass is 9.86. The van der Waals surface area contributed by atoms with E-state index in [4.69, 9.17) is 17.0 Å². The van der Waals surface area contributed by atoms with Gasteiger partial charge < -0.3 is 20.3 Å². The van der Waals surface area contributed by atoms with Crippen LogP contribution >= 0.6 is 12.2 Å². The molecule has 0 radical (unpaired) electrons. The van der Waals surface area contributed by atoms with Crippen LogP contribution in [-0.2, 0) is 12.0 Å². The Bertz CT molecular complexity index is 1210. The zero-order chi connectivity index (χ0) is 26.4. The van der Waals surface area contributed by atoms with Crippen molar-refractivity contribution in [2.45, 2.75) is 51.7 Å². The lowest BCUT2D eigenvalue weighted by molar-refractivity contribution is 0.103. The van der Waals surface area contributed by atoms with Crippen molar-refractivity contribution in [3.63, 3.8) is 0 Å². The zero-order valence-electron chi connectivity index (χ0n) is 22.2. The van der Waals surface area contributed by atoms with Gasteiger partial charge in [-0.1, -0.05) is 69.3 Å². The Morgan fingerprint density at radius 2 is 1.65 bits per heavy atom. The number of benzene rings is 3. The molecule has 1 heterocycles. The van der Waals surface area contributed by atoms with Gasteiger partial charge in [0.15, 0.2) is 10.9 Å². The van der Waals surface area contributed by atoms with Crippen molar-refractivity contribution >= 4 is 28.8 Å². The third kappa shape index (κ3) is 7.63. The molecule has 37 heavy (non-hydrogen) atoms. The summed E-state index contributed by atoms with van der Waals surface area (Å²) in [6, 6.07) is 23.5. The average molecular weight is 516 g/mol. The molecule has 0 aromatic heterocycles. The highest BCUT2D eigenvalue weighted by Crippen LogP contribution is 2.24. The number of carbonyl (C=O) groups is 1. The maximum Gasteiger partial charge on any atom is 0.193 e. The molecule has 0 aliphatic carbocycles. The Balaban J connectivity index is 1.28.